The Balaban J connectivity index is 1.71. The predicted molar refractivity (Wildman–Crippen MR) is 133 cm³/mol. The van der Waals surface area contributed by atoms with Crippen molar-refractivity contribution in [3.05, 3.63) is 36.2 Å². The summed E-state index contributed by atoms with van der Waals surface area (Å²) >= 11 is 0. The van der Waals surface area contributed by atoms with E-state index in [0.717, 1.165) is 0 Å². The lowest BCUT2D eigenvalue weighted by molar-refractivity contribution is -0.522. The van der Waals surface area contributed by atoms with Crippen molar-refractivity contribution < 1.29 is 49.3 Å². The van der Waals surface area contributed by atoms with Crippen LogP contribution in [-0.4, -0.2) is 88.8 Å². The lowest BCUT2D eigenvalue weighted by Gasteiger charge is -2.75. The van der Waals surface area contributed by atoms with Gasteiger partial charge >= 0.3 is 12.0 Å². The molecule has 1 aliphatic carbocycles. The third kappa shape index (κ3) is 2.36. The summed E-state index contributed by atoms with van der Waals surface area (Å²) in [6.07, 6.45) is -2.70. The van der Waals surface area contributed by atoms with Crippen LogP contribution in [0.5, 0.6) is 0 Å². The SMILES string of the molecule is C=C1CC[C@]2(O)[C@]3(C)C[C@]4(O)O[C@@]2([C@@H]1O)[C@@]1(NNC(N)=O)O[C@@]3(O)[C@H](OC(=O)c2ccc[nH]2)[C@](O)(C(C)C)[C@@]14C. The fourth-order valence-electron chi connectivity index (χ4n) is 8.93. The number of nitrogens with two attached hydrogens (primary N) is 1. The molecule has 10 N–H and O–H groups in total. The third-order valence-electron chi connectivity index (χ3n) is 11.0. The number of carbonyl (C=O) groups excluding carboxylic acids is 2. The highest BCUT2D eigenvalue weighted by Gasteiger charge is 3.04. The van der Waals surface area contributed by atoms with Crippen molar-refractivity contribution in [1.82, 2.24) is 15.8 Å². The first-order valence-corrected chi connectivity index (χ1v) is 13.2. The van der Waals surface area contributed by atoms with Crippen LogP contribution in [0.2, 0.25) is 0 Å². The van der Waals surface area contributed by atoms with Crippen LogP contribution in [-0.2, 0) is 14.2 Å². The summed E-state index contributed by atoms with van der Waals surface area (Å²) in [5, 5.41) is 62.5. The lowest BCUT2D eigenvalue weighted by atomic mass is 9.43. The number of primary amides is 1. The van der Waals surface area contributed by atoms with Crippen LogP contribution in [0.3, 0.4) is 0 Å². The molecule has 1 aromatic rings. The number of aliphatic hydroxyl groups excluding tert-OH is 1. The molecule has 220 valence electrons. The Morgan fingerprint density at radius 1 is 1.23 bits per heavy atom. The van der Waals surface area contributed by atoms with Crippen LogP contribution in [0.25, 0.3) is 0 Å². The molecule has 14 heteroatoms. The van der Waals surface area contributed by atoms with E-state index < -0.39 is 81.5 Å². The monoisotopic (exact) mass is 564 g/mol. The molecule has 1 saturated carbocycles. The zero-order valence-corrected chi connectivity index (χ0v) is 22.6. The first kappa shape index (κ1) is 27.6. The second-order valence-electron chi connectivity index (χ2n) is 12.6. The van der Waals surface area contributed by atoms with Gasteiger partial charge in [0.1, 0.15) is 28.4 Å². The molecule has 6 rings (SSSR count). The molecule has 4 aliphatic heterocycles. The van der Waals surface area contributed by atoms with Gasteiger partial charge in [-0.25, -0.2) is 9.59 Å². The highest BCUT2D eigenvalue weighted by atomic mass is 16.8. The molecular weight excluding hydrogens is 528 g/mol. The van der Waals surface area contributed by atoms with Gasteiger partial charge in [0.2, 0.25) is 5.79 Å². The molecule has 1 spiro atoms. The van der Waals surface area contributed by atoms with Gasteiger partial charge in [-0.2, -0.15) is 5.43 Å². The van der Waals surface area contributed by atoms with Crippen molar-refractivity contribution in [2.75, 3.05) is 0 Å². The number of carbonyl (C=O) groups is 2. The second kappa shape index (κ2) is 7.44. The molecule has 5 fully saturated rings. The van der Waals surface area contributed by atoms with E-state index in [4.69, 9.17) is 19.9 Å². The van der Waals surface area contributed by atoms with E-state index in [-0.39, 0.29) is 24.1 Å². The molecule has 1 aromatic heterocycles. The molecule has 0 aromatic carbocycles. The Morgan fingerprint density at radius 2 is 1.90 bits per heavy atom. The van der Waals surface area contributed by atoms with Crippen LogP contribution < -0.4 is 16.6 Å². The molecule has 10 atom stereocenters. The molecule has 4 saturated heterocycles. The number of hydrogen-bond donors (Lipinski definition) is 9. The number of rotatable bonds is 5. The molecule has 40 heavy (non-hydrogen) atoms. The number of aromatic nitrogens is 1. The minimum Gasteiger partial charge on any atom is -0.449 e. The maximum absolute atomic E-state index is 13.3. The van der Waals surface area contributed by atoms with Gasteiger partial charge in [-0.3, -0.25) is 5.43 Å². The largest absolute Gasteiger partial charge is 0.449 e. The Morgan fingerprint density at radius 3 is 2.48 bits per heavy atom. The van der Waals surface area contributed by atoms with Crippen LogP contribution in [0.15, 0.2) is 30.5 Å². The maximum atomic E-state index is 13.3. The van der Waals surface area contributed by atoms with Gasteiger partial charge in [-0.05, 0) is 43.4 Å². The normalized spacial score (nSPS) is 52.1. The smallest absolute Gasteiger partial charge is 0.355 e. The summed E-state index contributed by atoms with van der Waals surface area (Å²) in [7, 11) is 0. The number of aliphatic hydroxyl groups is 5. The summed E-state index contributed by atoms with van der Waals surface area (Å²) in [5.74, 6) is -7.02. The van der Waals surface area contributed by atoms with E-state index in [1.165, 1.54) is 26.1 Å². The Labute approximate surface area is 229 Å². The van der Waals surface area contributed by atoms with Crippen molar-refractivity contribution in [3.63, 3.8) is 0 Å². The van der Waals surface area contributed by atoms with Crippen LogP contribution in [0.1, 0.15) is 57.4 Å². The van der Waals surface area contributed by atoms with Gasteiger partial charge in [0.25, 0.3) is 0 Å². The minimum absolute atomic E-state index is 0.0114. The zero-order chi connectivity index (χ0) is 29.5. The molecular formula is C26H36N4O10. The summed E-state index contributed by atoms with van der Waals surface area (Å²) in [4.78, 5) is 28.1. The van der Waals surface area contributed by atoms with Gasteiger partial charge in [0.15, 0.2) is 23.2 Å². The van der Waals surface area contributed by atoms with Gasteiger partial charge in [-0.15, -0.1) is 0 Å². The minimum atomic E-state index is -2.73. The highest BCUT2D eigenvalue weighted by Crippen LogP contribution is 2.84. The van der Waals surface area contributed by atoms with Crippen LogP contribution in [0.4, 0.5) is 4.79 Å². The number of H-pyrrole nitrogens is 1. The zero-order valence-electron chi connectivity index (χ0n) is 22.6. The van der Waals surface area contributed by atoms with E-state index in [1.54, 1.807) is 19.9 Å². The Bertz CT molecular complexity index is 1320. The predicted octanol–water partition coefficient (Wildman–Crippen LogP) is -1.16. The molecule has 5 aliphatic rings. The highest BCUT2D eigenvalue weighted by molar-refractivity contribution is 5.87. The van der Waals surface area contributed by atoms with E-state index in [1.807, 2.05) is 0 Å². The first-order valence-electron chi connectivity index (χ1n) is 13.2. The van der Waals surface area contributed by atoms with Crippen molar-refractivity contribution in [3.8, 4) is 0 Å². The number of fused-ring (bicyclic) bond motifs is 4. The Kier molecular flexibility index (Phi) is 5.13. The van der Waals surface area contributed by atoms with Crippen LogP contribution >= 0.6 is 0 Å². The average Bonchev–Trinajstić information content (AvgIpc) is 3.44. The number of aromatic amines is 1. The van der Waals surface area contributed by atoms with E-state index in [9.17, 15) is 35.1 Å². The summed E-state index contributed by atoms with van der Waals surface area (Å²) < 4.78 is 18.7. The lowest BCUT2D eigenvalue weighted by Crippen LogP contribution is -2.97. The number of amides is 2. The van der Waals surface area contributed by atoms with Gasteiger partial charge in [0.05, 0.1) is 5.41 Å². The fraction of sp³-hybridized carbons (Fsp3) is 0.692. The van der Waals surface area contributed by atoms with Crippen molar-refractivity contribution >= 4 is 12.0 Å². The summed E-state index contributed by atoms with van der Waals surface area (Å²) in [5.41, 5.74) is -3.12. The number of hydrazine groups is 1. The van der Waals surface area contributed by atoms with Gasteiger partial charge in [-0.1, -0.05) is 27.4 Å². The molecule has 2 amide bonds. The topological polar surface area (TPSA) is 229 Å². The third-order valence-corrected chi connectivity index (χ3v) is 11.0. The van der Waals surface area contributed by atoms with Gasteiger partial charge in [0, 0.05) is 12.6 Å². The molecule has 5 bridgehead atoms. The second-order valence-corrected chi connectivity index (χ2v) is 12.6. The standard InChI is InChI=1S/C26H36N4O10/c1-12(2)23(36)17(38-16(32)14-7-6-10-28-14)25(37)19(4)11-22(35)20(23,5)26(40-25,30-29-18(27)33)24(39-22)15(31)13(3)8-9-21(19,24)34/h6-7,10,12,15,17,28,30-31,34-37H,3,8-9,11H2,1-2,4-5H3,(H3,27,29,33)/t15-,17-,19+,20+,21+,22+,23-,24-,25+,26+/m1/s1. The summed E-state index contributed by atoms with van der Waals surface area (Å²) in [6.45, 7) is 9.88. The van der Waals surface area contributed by atoms with Crippen molar-refractivity contribution in [1.29, 1.82) is 0 Å². The fourth-order valence-corrected chi connectivity index (χ4v) is 8.93. The van der Waals surface area contributed by atoms with Crippen molar-refractivity contribution in [2.24, 2.45) is 22.5 Å². The number of hydrogen-bond acceptors (Lipinski definition) is 11. The molecule has 5 heterocycles. The number of ether oxygens (including phenoxy) is 3. The van der Waals surface area contributed by atoms with Gasteiger partial charge < -0.3 is 50.5 Å². The quantitative estimate of drug-likeness (QED) is 0.118. The number of esters is 1. The molecule has 0 unspecified atom stereocenters. The maximum Gasteiger partial charge on any atom is 0.355 e. The molecule has 14 nitrogen and oxygen atoms in total. The first-order chi connectivity index (χ1) is 18.4. The number of nitrogens with one attached hydrogen (secondary N) is 3. The molecule has 0 radical (unpaired) electrons. The van der Waals surface area contributed by atoms with E-state index in [0.29, 0.717) is 0 Å². The summed E-state index contributed by atoms with van der Waals surface area (Å²) in [6, 6.07) is 1.88. The van der Waals surface area contributed by atoms with E-state index in [2.05, 4.69) is 22.4 Å². The number of urea groups is 1. The van der Waals surface area contributed by atoms with Crippen LogP contribution in [0, 0.1) is 16.7 Å². The van der Waals surface area contributed by atoms with E-state index >= 15 is 0 Å². The average molecular weight is 565 g/mol. The van der Waals surface area contributed by atoms with Crippen molar-refractivity contribution in [2.45, 2.75) is 93.3 Å². The Hall–Kier alpha value is -2.56.